The van der Waals surface area contributed by atoms with Crippen LogP contribution in [-0.2, 0) is 15.6 Å². The molecular weight excluding hydrogens is 256 g/mol. The molecule has 0 rings (SSSR count). The molecule has 0 aliphatic carbocycles. The van der Waals surface area contributed by atoms with Crippen molar-refractivity contribution in [1.29, 1.82) is 0 Å². The lowest BCUT2D eigenvalue weighted by Gasteiger charge is -2.15. The van der Waals surface area contributed by atoms with Crippen molar-refractivity contribution < 1.29 is 18.9 Å². The third-order valence-electron chi connectivity index (χ3n) is 2.58. The lowest BCUT2D eigenvalue weighted by Crippen LogP contribution is -2.46. The summed E-state index contributed by atoms with van der Waals surface area (Å²) in [7, 11) is -0.912. The lowest BCUT2D eigenvalue weighted by molar-refractivity contribution is -0.139. The maximum atomic E-state index is 11.4. The molecule has 0 aromatic rings. The molecule has 3 unspecified atom stereocenters. The van der Waals surface area contributed by atoms with E-state index in [1.165, 1.54) is 0 Å². The number of carboxylic acids is 1. The Labute approximate surface area is 110 Å². The standard InChI is InChI=1S/C11H22N2O4S/c1-4-5-9(10(14)15)13-11(16)12-7-6-8(2)18(3)17/h8-9H,4-7H2,1-3H3,(H,14,15)(H2,12,13,16). The molecule has 0 fully saturated rings. The second-order valence-corrected chi connectivity index (χ2v) is 5.98. The molecular formula is C11H22N2O4S. The van der Waals surface area contributed by atoms with Gasteiger partial charge in [0.1, 0.15) is 6.04 Å². The van der Waals surface area contributed by atoms with Crippen LogP contribution in [0.3, 0.4) is 0 Å². The molecule has 106 valence electrons. The van der Waals surface area contributed by atoms with Gasteiger partial charge in [-0.05, 0) is 12.8 Å². The maximum Gasteiger partial charge on any atom is 0.326 e. The summed E-state index contributed by atoms with van der Waals surface area (Å²) in [6.45, 7) is 4.08. The van der Waals surface area contributed by atoms with Gasteiger partial charge in [0.15, 0.2) is 0 Å². The molecule has 6 nitrogen and oxygen atoms in total. The highest BCUT2D eigenvalue weighted by atomic mass is 32.2. The third-order valence-corrected chi connectivity index (χ3v) is 3.95. The Bertz CT molecular complexity index is 309. The summed E-state index contributed by atoms with van der Waals surface area (Å²) in [5.41, 5.74) is 0. The van der Waals surface area contributed by atoms with Gasteiger partial charge in [0.05, 0.1) is 0 Å². The Morgan fingerprint density at radius 1 is 1.33 bits per heavy atom. The predicted molar refractivity (Wildman–Crippen MR) is 71.0 cm³/mol. The summed E-state index contributed by atoms with van der Waals surface area (Å²) < 4.78 is 11.1. The van der Waals surface area contributed by atoms with E-state index in [2.05, 4.69) is 10.6 Å². The zero-order valence-electron chi connectivity index (χ0n) is 11.1. The first-order valence-corrected chi connectivity index (χ1v) is 7.60. The van der Waals surface area contributed by atoms with E-state index in [9.17, 15) is 13.8 Å². The van der Waals surface area contributed by atoms with Crippen molar-refractivity contribution in [3.8, 4) is 0 Å². The third kappa shape index (κ3) is 7.26. The summed E-state index contributed by atoms with van der Waals surface area (Å²) in [6, 6.07) is -1.35. The average molecular weight is 278 g/mol. The first-order chi connectivity index (χ1) is 8.38. The maximum absolute atomic E-state index is 11.4. The van der Waals surface area contributed by atoms with Crippen molar-refractivity contribution >= 4 is 22.8 Å². The second kappa shape index (κ2) is 8.91. The van der Waals surface area contributed by atoms with Crippen molar-refractivity contribution in [2.75, 3.05) is 12.8 Å². The van der Waals surface area contributed by atoms with Crippen LogP contribution in [-0.4, -0.2) is 45.4 Å². The molecule has 0 saturated heterocycles. The molecule has 0 radical (unpaired) electrons. The number of urea groups is 1. The molecule has 18 heavy (non-hydrogen) atoms. The number of nitrogens with one attached hydrogen (secondary N) is 2. The number of aliphatic carboxylic acids is 1. The van der Waals surface area contributed by atoms with Crippen LogP contribution in [0.1, 0.15) is 33.1 Å². The van der Waals surface area contributed by atoms with Crippen LogP contribution in [0.2, 0.25) is 0 Å². The monoisotopic (exact) mass is 278 g/mol. The van der Waals surface area contributed by atoms with E-state index in [-0.39, 0.29) is 5.25 Å². The van der Waals surface area contributed by atoms with Gasteiger partial charge in [-0.2, -0.15) is 0 Å². The van der Waals surface area contributed by atoms with Crippen molar-refractivity contribution in [1.82, 2.24) is 10.6 Å². The van der Waals surface area contributed by atoms with Crippen molar-refractivity contribution in [2.24, 2.45) is 0 Å². The minimum absolute atomic E-state index is 0.0104. The first kappa shape index (κ1) is 16.9. The molecule has 0 saturated carbocycles. The van der Waals surface area contributed by atoms with Crippen molar-refractivity contribution in [3.05, 3.63) is 0 Å². The number of carboxylic acid groups (broad SMARTS) is 1. The Morgan fingerprint density at radius 3 is 2.39 bits per heavy atom. The van der Waals surface area contributed by atoms with Gasteiger partial charge >= 0.3 is 12.0 Å². The molecule has 2 amide bonds. The van der Waals surface area contributed by atoms with Crippen LogP contribution >= 0.6 is 0 Å². The topological polar surface area (TPSA) is 95.5 Å². The first-order valence-electron chi connectivity index (χ1n) is 5.97. The molecule has 0 heterocycles. The lowest BCUT2D eigenvalue weighted by atomic mass is 10.2. The van der Waals surface area contributed by atoms with Gasteiger partial charge in [-0.1, -0.05) is 20.3 Å². The highest BCUT2D eigenvalue weighted by Crippen LogP contribution is 1.98. The van der Waals surface area contributed by atoms with Gasteiger partial charge < -0.3 is 15.7 Å². The summed E-state index contributed by atoms with van der Waals surface area (Å²) in [6.07, 6.45) is 3.30. The second-order valence-electron chi connectivity index (χ2n) is 4.18. The largest absolute Gasteiger partial charge is 0.480 e. The number of amides is 2. The Morgan fingerprint density at radius 2 is 1.94 bits per heavy atom. The van der Waals surface area contributed by atoms with Gasteiger partial charge in [-0.25, -0.2) is 9.59 Å². The minimum atomic E-state index is -1.03. The van der Waals surface area contributed by atoms with E-state index in [4.69, 9.17) is 5.11 Å². The fraction of sp³-hybridized carbons (Fsp3) is 0.818. The number of hydrogen-bond donors (Lipinski definition) is 3. The van der Waals surface area contributed by atoms with E-state index in [1.807, 2.05) is 13.8 Å². The van der Waals surface area contributed by atoms with Crippen LogP contribution < -0.4 is 10.6 Å². The van der Waals surface area contributed by atoms with E-state index < -0.39 is 28.8 Å². The van der Waals surface area contributed by atoms with Crippen LogP contribution in [0.4, 0.5) is 4.79 Å². The molecule has 3 N–H and O–H groups in total. The Balaban J connectivity index is 3.95. The van der Waals surface area contributed by atoms with E-state index >= 15 is 0 Å². The average Bonchev–Trinajstić information content (AvgIpc) is 2.27. The molecule has 0 aromatic carbocycles. The smallest absolute Gasteiger partial charge is 0.326 e. The van der Waals surface area contributed by atoms with Crippen LogP contribution in [0, 0.1) is 0 Å². The number of carbonyl (C=O) groups excluding carboxylic acids is 1. The molecule has 0 bridgehead atoms. The quantitative estimate of drug-likeness (QED) is 0.609. The molecule has 7 heteroatoms. The molecule has 0 aromatic heterocycles. The van der Waals surface area contributed by atoms with Crippen molar-refractivity contribution in [2.45, 2.75) is 44.4 Å². The van der Waals surface area contributed by atoms with E-state index in [0.717, 1.165) is 0 Å². The van der Waals surface area contributed by atoms with Gasteiger partial charge in [0.2, 0.25) is 0 Å². The zero-order valence-corrected chi connectivity index (χ0v) is 11.9. The van der Waals surface area contributed by atoms with Gasteiger partial charge in [-0.3, -0.25) is 4.21 Å². The predicted octanol–water partition coefficient (Wildman–Crippen LogP) is 0.696. The highest BCUT2D eigenvalue weighted by molar-refractivity contribution is 7.84. The summed E-state index contributed by atoms with van der Waals surface area (Å²) >= 11 is 0. The molecule has 0 aliphatic rings. The SMILES string of the molecule is CCCC(NC(=O)NCCC(C)S(C)=O)C(=O)O. The normalized spacial score (nSPS) is 15.5. The molecule has 0 spiro atoms. The number of rotatable bonds is 8. The van der Waals surface area contributed by atoms with E-state index in [1.54, 1.807) is 6.26 Å². The van der Waals surface area contributed by atoms with Gasteiger partial charge in [0, 0.05) is 28.9 Å². The summed E-state index contributed by atoms with van der Waals surface area (Å²) in [5.74, 6) is -1.03. The van der Waals surface area contributed by atoms with E-state index in [0.29, 0.717) is 25.8 Å². The summed E-state index contributed by atoms with van der Waals surface area (Å²) in [5, 5.41) is 13.8. The fourth-order valence-corrected chi connectivity index (χ4v) is 1.76. The van der Waals surface area contributed by atoms with Crippen LogP contribution in [0.5, 0.6) is 0 Å². The minimum Gasteiger partial charge on any atom is -0.480 e. The van der Waals surface area contributed by atoms with Crippen LogP contribution in [0.15, 0.2) is 0 Å². The van der Waals surface area contributed by atoms with Crippen molar-refractivity contribution in [3.63, 3.8) is 0 Å². The van der Waals surface area contributed by atoms with Gasteiger partial charge in [-0.15, -0.1) is 0 Å². The highest BCUT2D eigenvalue weighted by Gasteiger charge is 2.18. The fourth-order valence-electron chi connectivity index (χ4n) is 1.31. The zero-order chi connectivity index (χ0) is 14.1. The summed E-state index contributed by atoms with van der Waals surface area (Å²) in [4.78, 5) is 22.2. The Kier molecular flexibility index (Phi) is 8.36. The molecule has 3 atom stereocenters. The van der Waals surface area contributed by atoms with Gasteiger partial charge in [0.25, 0.3) is 0 Å². The Hall–Kier alpha value is -1.11. The number of hydrogen-bond acceptors (Lipinski definition) is 3. The van der Waals surface area contributed by atoms with Crippen LogP contribution in [0.25, 0.3) is 0 Å². The number of carbonyl (C=O) groups is 2. The molecule has 0 aliphatic heterocycles.